The van der Waals surface area contributed by atoms with Crippen LogP contribution in [0.5, 0.6) is 5.75 Å². The molecule has 0 fully saturated rings. The smallest absolute Gasteiger partial charge is 0.307 e. The molecule has 2 heterocycles. The Morgan fingerprint density at radius 2 is 1.88 bits per heavy atom. The summed E-state index contributed by atoms with van der Waals surface area (Å²) in [6.45, 7) is 6.97. The van der Waals surface area contributed by atoms with E-state index in [0.717, 1.165) is 65.0 Å². The number of carboxylic acids is 1. The van der Waals surface area contributed by atoms with Gasteiger partial charge in [0.15, 0.2) is 5.82 Å². The molecule has 0 radical (unpaired) electrons. The van der Waals surface area contributed by atoms with Gasteiger partial charge in [0, 0.05) is 28.3 Å². The summed E-state index contributed by atoms with van der Waals surface area (Å²) >= 11 is 3.43. The topological polar surface area (TPSA) is 77.2 Å². The molecular formula is C26H32BrN3O3. The number of aromatic nitrogens is 3. The Labute approximate surface area is 204 Å². The second-order valence-corrected chi connectivity index (χ2v) is 9.03. The molecule has 0 unspecified atom stereocenters. The molecule has 0 saturated heterocycles. The molecule has 0 spiro atoms. The molecule has 3 aromatic rings. The van der Waals surface area contributed by atoms with Crippen molar-refractivity contribution in [2.24, 2.45) is 0 Å². The molecule has 7 heteroatoms. The highest BCUT2D eigenvalue weighted by molar-refractivity contribution is 9.10. The van der Waals surface area contributed by atoms with Crippen LogP contribution in [-0.2, 0) is 24.1 Å². The maximum atomic E-state index is 11.3. The SMILES string of the molecule is CCc1cccc(CC(=O)O)c1OCCCc1cn(-c2ccc(Br)cn2)nc1C(CC)CC. The number of benzene rings is 1. The first kappa shape index (κ1) is 25.0. The monoisotopic (exact) mass is 513 g/mol. The van der Waals surface area contributed by atoms with Gasteiger partial charge in [0.25, 0.3) is 0 Å². The standard InChI is InChI=1S/C26H32BrN3O3/c1-4-18(5-2)25-21(17-30(29-25)23-13-12-22(27)16-28-23)11-8-14-33-26-19(6-3)9-7-10-20(26)15-24(31)32/h7,9-10,12-13,16-18H,4-6,8,11,14-15H2,1-3H3,(H,31,32). The molecule has 0 amide bonds. The number of pyridine rings is 1. The summed E-state index contributed by atoms with van der Waals surface area (Å²) in [4.78, 5) is 15.7. The molecule has 3 rings (SSSR count). The van der Waals surface area contributed by atoms with Gasteiger partial charge in [-0.1, -0.05) is 39.0 Å². The molecule has 0 aliphatic carbocycles. The van der Waals surface area contributed by atoms with Gasteiger partial charge in [-0.3, -0.25) is 4.79 Å². The van der Waals surface area contributed by atoms with Crippen LogP contribution in [0.3, 0.4) is 0 Å². The van der Waals surface area contributed by atoms with Gasteiger partial charge in [-0.25, -0.2) is 9.67 Å². The first-order valence-corrected chi connectivity index (χ1v) is 12.4. The van der Waals surface area contributed by atoms with Crippen molar-refractivity contribution in [3.63, 3.8) is 0 Å². The number of aliphatic carboxylic acids is 1. The lowest BCUT2D eigenvalue weighted by molar-refractivity contribution is -0.136. The molecule has 0 atom stereocenters. The number of para-hydroxylation sites is 1. The summed E-state index contributed by atoms with van der Waals surface area (Å²) < 4.78 is 8.94. The first-order valence-electron chi connectivity index (χ1n) is 11.6. The first-order chi connectivity index (χ1) is 16.0. The number of ether oxygens (including phenoxy) is 1. The zero-order chi connectivity index (χ0) is 23.8. The summed E-state index contributed by atoms with van der Waals surface area (Å²) in [5.41, 5.74) is 4.12. The van der Waals surface area contributed by atoms with Crippen LogP contribution in [0, 0.1) is 0 Å². The van der Waals surface area contributed by atoms with Gasteiger partial charge in [-0.15, -0.1) is 0 Å². The van der Waals surface area contributed by atoms with Crippen molar-refractivity contribution in [1.29, 1.82) is 0 Å². The summed E-state index contributed by atoms with van der Waals surface area (Å²) in [5, 5.41) is 14.1. The fourth-order valence-electron chi connectivity index (χ4n) is 4.10. The van der Waals surface area contributed by atoms with E-state index < -0.39 is 5.97 Å². The Hall–Kier alpha value is -2.67. The van der Waals surface area contributed by atoms with E-state index in [1.54, 1.807) is 6.20 Å². The van der Waals surface area contributed by atoms with Crippen molar-refractivity contribution in [1.82, 2.24) is 14.8 Å². The number of halogens is 1. The molecule has 1 N–H and O–H groups in total. The third-order valence-corrected chi connectivity index (χ3v) is 6.35. The average Bonchev–Trinajstić information content (AvgIpc) is 3.22. The van der Waals surface area contributed by atoms with Gasteiger partial charge in [0.2, 0.25) is 0 Å². The Kier molecular flexibility index (Phi) is 9.06. The molecule has 0 aliphatic rings. The molecule has 0 bridgehead atoms. The highest BCUT2D eigenvalue weighted by Crippen LogP contribution is 2.28. The Morgan fingerprint density at radius 3 is 2.52 bits per heavy atom. The van der Waals surface area contributed by atoms with Gasteiger partial charge in [0.1, 0.15) is 5.75 Å². The van der Waals surface area contributed by atoms with Crippen LogP contribution in [0.1, 0.15) is 68.3 Å². The molecule has 2 aromatic heterocycles. The molecule has 6 nitrogen and oxygen atoms in total. The second-order valence-electron chi connectivity index (χ2n) is 8.11. The predicted octanol–water partition coefficient (Wildman–Crippen LogP) is 6.13. The van der Waals surface area contributed by atoms with Crippen molar-refractivity contribution in [3.05, 3.63) is 69.6 Å². The third kappa shape index (κ3) is 6.44. The third-order valence-electron chi connectivity index (χ3n) is 5.88. The quantitative estimate of drug-likeness (QED) is 0.294. The zero-order valence-electron chi connectivity index (χ0n) is 19.6. The minimum atomic E-state index is -0.850. The van der Waals surface area contributed by atoms with Gasteiger partial charge in [-0.2, -0.15) is 5.10 Å². The Bertz CT molecular complexity index is 1060. The Balaban J connectivity index is 1.75. The maximum absolute atomic E-state index is 11.3. The molecular weight excluding hydrogens is 482 g/mol. The van der Waals surface area contributed by atoms with E-state index in [0.29, 0.717) is 12.5 Å². The van der Waals surface area contributed by atoms with Crippen LogP contribution in [0.2, 0.25) is 0 Å². The number of hydrogen-bond donors (Lipinski definition) is 1. The minimum Gasteiger partial charge on any atom is -0.493 e. The summed E-state index contributed by atoms with van der Waals surface area (Å²) in [6.07, 6.45) is 8.35. The van der Waals surface area contributed by atoms with Crippen molar-refractivity contribution < 1.29 is 14.6 Å². The van der Waals surface area contributed by atoms with Crippen LogP contribution >= 0.6 is 15.9 Å². The highest BCUT2D eigenvalue weighted by atomic mass is 79.9. The van der Waals surface area contributed by atoms with Crippen LogP contribution in [0.25, 0.3) is 5.82 Å². The maximum Gasteiger partial charge on any atom is 0.307 e. The summed E-state index contributed by atoms with van der Waals surface area (Å²) in [6, 6.07) is 9.65. The normalized spacial score (nSPS) is 11.2. The molecule has 0 aliphatic heterocycles. The van der Waals surface area contributed by atoms with E-state index in [4.69, 9.17) is 9.84 Å². The van der Waals surface area contributed by atoms with Crippen molar-refractivity contribution in [3.8, 4) is 11.6 Å². The average molecular weight is 514 g/mol. The number of rotatable bonds is 12. The van der Waals surface area contributed by atoms with E-state index in [9.17, 15) is 9.90 Å². The summed E-state index contributed by atoms with van der Waals surface area (Å²) in [5.74, 6) is 1.07. The van der Waals surface area contributed by atoms with E-state index in [2.05, 4.69) is 47.9 Å². The number of hydrogen-bond acceptors (Lipinski definition) is 4. The fourth-order valence-corrected chi connectivity index (χ4v) is 4.33. The van der Waals surface area contributed by atoms with Gasteiger partial charge in [-0.05, 0) is 71.3 Å². The van der Waals surface area contributed by atoms with E-state index in [-0.39, 0.29) is 6.42 Å². The molecule has 33 heavy (non-hydrogen) atoms. The highest BCUT2D eigenvalue weighted by Gasteiger charge is 2.18. The predicted molar refractivity (Wildman–Crippen MR) is 133 cm³/mol. The van der Waals surface area contributed by atoms with E-state index in [1.807, 2.05) is 35.0 Å². The van der Waals surface area contributed by atoms with Crippen LogP contribution in [0.15, 0.2) is 47.2 Å². The van der Waals surface area contributed by atoms with Crippen molar-refractivity contribution >= 4 is 21.9 Å². The Morgan fingerprint density at radius 1 is 1.12 bits per heavy atom. The van der Waals surface area contributed by atoms with Crippen molar-refractivity contribution in [2.75, 3.05) is 6.61 Å². The number of aryl methyl sites for hydroxylation is 2. The lowest BCUT2D eigenvalue weighted by Gasteiger charge is -2.15. The van der Waals surface area contributed by atoms with E-state index >= 15 is 0 Å². The fraction of sp³-hybridized carbons (Fsp3) is 0.423. The van der Waals surface area contributed by atoms with E-state index in [1.165, 1.54) is 5.56 Å². The molecule has 176 valence electrons. The van der Waals surface area contributed by atoms with Crippen molar-refractivity contribution in [2.45, 2.75) is 65.2 Å². The van der Waals surface area contributed by atoms with Gasteiger partial charge >= 0.3 is 5.97 Å². The molecule has 0 saturated carbocycles. The van der Waals surface area contributed by atoms with Gasteiger partial charge < -0.3 is 9.84 Å². The van der Waals surface area contributed by atoms with Crippen LogP contribution in [0.4, 0.5) is 0 Å². The largest absolute Gasteiger partial charge is 0.493 e. The zero-order valence-corrected chi connectivity index (χ0v) is 21.1. The van der Waals surface area contributed by atoms with Crippen LogP contribution in [-0.4, -0.2) is 32.4 Å². The molecule has 1 aromatic carbocycles. The second kappa shape index (κ2) is 12.0. The van der Waals surface area contributed by atoms with Crippen LogP contribution < -0.4 is 4.74 Å². The lowest BCUT2D eigenvalue weighted by Crippen LogP contribution is -2.08. The minimum absolute atomic E-state index is 0.0328. The summed E-state index contributed by atoms with van der Waals surface area (Å²) in [7, 11) is 0. The lowest BCUT2D eigenvalue weighted by atomic mass is 9.95. The number of carboxylic acid groups (broad SMARTS) is 1. The number of nitrogens with zero attached hydrogens (tertiary/aromatic N) is 3. The van der Waals surface area contributed by atoms with Gasteiger partial charge in [0.05, 0.1) is 18.7 Å². The number of carbonyl (C=O) groups is 1.